The first-order valence-electron chi connectivity index (χ1n) is 10.8. The Hall–Kier alpha value is -0.510. The summed E-state index contributed by atoms with van der Waals surface area (Å²) in [6.07, 6.45) is 1.88. The Kier molecular flexibility index (Phi) is 8.14. The molecular formula is C20H34F3N3O2S. The van der Waals surface area contributed by atoms with E-state index in [1.807, 2.05) is 6.92 Å². The van der Waals surface area contributed by atoms with Crippen molar-refractivity contribution in [2.24, 2.45) is 5.92 Å². The van der Waals surface area contributed by atoms with Gasteiger partial charge in [-0.1, -0.05) is 19.3 Å². The van der Waals surface area contributed by atoms with Crippen molar-refractivity contribution >= 4 is 17.7 Å². The molecule has 3 rings (SSSR count). The standard InChI is InChI=1S/C20H34F3N3O2S/c1-13(18(27)24-15-7-5-6-14(12-15)20(21,22)23)29-19-25-16-8-3-4-9-17(16)26(19)10-11-28-2/h13-17,19,25H,3-12H2,1-2H3,(H,24,27). The van der Waals surface area contributed by atoms with E-state index >= 15 is 0 Å². The summed E-state index contributed by atoms with van der Waals surface area (Å²) in [6, 6.07) is 0.534. The molecule has 6 unspecified atom stereocenters. The van der Waals surface area contributed by atoms with Gasteiger partial charge in [-0.25, -0.2) is 0 Å². The van der Waals surface area contributed by atoms with Gasteiger partial charge in [0.2, 0.25) is 5.91 Å². The number of nitrogens with zero attached hydrogens (tertiary/aromatic N) is 1. The number of methoxy groups -OCH3 is 1. The summed E-state index contributed by atoms with van der Waals surface area (Å²) in [6.45, 7) is 3.30. The van der Waals surface area contributed by atoms with Crippen LogP contribution in [-0.4, -0.2) is 66.1 Å². The first-order valence-corrected chi connectivity index (χ1v) is 11.8. The van der Waals surface area contributed by atoms with Gasteiger partial charge in [-0.3, -0.25) is 15.0 Å². The maximum atomic E-state index is 13.0. The average Bonchev–Trinajstić information content (AvgIpc) is 3.02. The molecule has 9 heteroatoms. The zero-order valence-corrected chi connectivity index (χ0v) is 18.2. The topological polar surface area (TPSA) is 53.6 Å². The number of amides is 1. The zero-order chi connectivity index (χ0) is 21.0. The third-order valence-corrected chi connectivity index (χ3v) is 7.84. The lowest BCUT2D eigenvalue weighted by molar-refractivity contribution is -0.184. The fourth-order valence-electron chi connectivity index (χ4n) is 4.94. The molecule has 168 valence electrons. The number of thioether (sulfide) groups is 1. The Morgan fingerprint density at radius 3 is 2.72 bits per heavy atom. The molecule has 3 fully saturated rings. The van der Waals surface area contributed by atoms with Gasteiger partial charge in [0.1, 0.15) is 5.50 Å². The summed E-state index contributed by atoms with van der Waals surface area (Å²) >= 11 is 1.56. The Morgan fingerprint density at radius 1 is 1.24 bits per heavy atom. The number of halogens is 3. The third-order valence-electron chi connectivity index (χ3n) is 6.55. The quantitative estimate of drug-likeness (QED) is 0.639. The van der Waals surface area contributed by atoms with Crippen LogP contribution in [0.3, 0.4) is 0 Å². The number of carbonyl (C=O) groups is 1. The second-order valence-corrected chi connectivity index (χ2v) is 10.0. The molecule has 0 aromatic rings. The smallest absolute Gasteiger partial charge is 0.383 e. The number of ether oxygens (including phenoxy) is 1. The van der Waals surface area contributed by atoms with Gasteiger partial charge in [0, 0.05) is 31.8 Å². The lowest BCUT2D eigenvalue weighted by atomic mass is 9.85. The number of hydrogen-bond donors (Lipinski definition) is 2. The highest BCUT2D eigenvalue weighted by atomic mass is 32.2. The molecule has 3 aliphatic rings. The van der Waals surface area contributed by atoms with Crippen LogP contribution >= 0.6 is 11.8 Å². The summed E-state index contributed by atoms with van der Waals surface area (Å²) < 4.78 is 44.4. The summed E-state index contributed by atoms with van der Waals surface area (Å²) in [5.74, 6) is -1.46. The monoisotopic (exact) mass is 437 g/mol. The maximum Gasteiger partial charge on any atom is 0.391 e. The summed E-state index contributed by atoms with van der Waals surface area (Å²) in [7, 11) is 1.69. The van der Waals surface area contributed by atoms with E-state index in [9.17, 15) is 18.0 Å². The van der Waals surface area contributed by atoms with Gasteiger partial charge in [0.05, 0.1) is 17.8 Å². The van der Waals surface area contributed by atoms with E-state index in [0.29, 0.717) is 31.5 Å². The second kappa shape index (κ2) is 10.2. The van der Waals surface area contributed by atoms with Crippen LogP contribution in [0.15, 0.2) is 0 Å². The number of alkyl halides is 3. The van der Waals surface area contributed by atoms with Crippen LogP contribution in [0.2, 0.25) is 0 Å². The second-order valence-electron chi connectivity index (χ2n) is 8.60. The van der Waals surface area contributed by atoms with Crippen molar-refractivity contribution in [3.05, 3.63) is 0 Å². The van der Waals surface area contributed by atoms with Crippen molar-refractivity contribution in [1.82, 2.24) is 15.5 Å². The molecule has 29 heavy (non-hydrogen) atoms. The molecule has 0 aromatic carbocycles. The summed E-state index contributed by atoms with van der Waals surface area (Å²) in [4.78, 5) is 15.1. The molecular weight excluding hydrogens is 403 g/mol. The van der Waals surface area contributed by atoms with Crippen molar-refractivity contribution in [3.8, 4) is 0 Å². The maximum absolute atomic E-state index is 13.0. The molecule has 1 amide bonds. The highest BCUT2D eigenvalue weighted by Crippen LogP contribution is 2.38. The Morgan fingerprint density at radius 2 is 2.00 bits per heavy atom. The van der Waals surface area contributed by atoms with E-state index in [2.05, 4.69) is 15.5 Å². The van der Waals surface area contributed by atoms with Gasteiger partial charge in [0.25, 0.3) is 0 Å². The van der Waals surface area contributed by atoms with Crippen LogP contribution in [0.5, 0.6) is 0 Å². The van der Waals surface area contributed by atoms with Gasteiger partial charge < -0.3 is 10.1 Å². The van der Waals surface area contributed by atoms with Crippen LogP contribution in [0.1, 0.15) is 58.3 Å². The molecule has 2 saturated carbocycles. The predicted molar refractivity (Wildman–Crippen MR) is 109 cm³/mol. The fraction of sp³-hybridized carbons (Fsp3) is 0.950. The molecule has 1 saturated heterocycles. The predicted octanol–water partition coefficient (Wildman–Crippen LogP) is 3.49. The van der Waals surface area contributed by atoms with E-state index in [1.54, 1.807) is 18.9 Å². The van der Waals surface area contributed by atoms with Gasteiger partial charge in [0.15, 0.2) is 0 Å². The molecule has 5 nitrogen and oxygen atoms in total. The minimum atomic E-state index is -4.17. The number of carbonyl (C=O) groups excluding carboxylic acids is 1. The van der Waals surface area contributed by atoms with Gasteiger partial charge in [-0.2, -0.15) is 13.2 Å². The lowest BCUT2D eigenvalue weighted by Gasteiger charge is -2.33. The number of hydrogen-bond acceptors (Lipinski definition) is 5. The highest BCUT2D eigenvalue weighted by Gasteiger charge is 2.44. The van der Waals surface area contributed by atoms with Gasteiger partial charge >= 0.3 is 6.18 Å². The fourth-order valence-corrected chi connectivity index (χ4v) is 6.19. The first kappa shape index (κ1) is 23.2. The van der Waals surface area contributed by atoms with Crippen molar-refractivity contribution < 1.29 is 22.7 Å². The Bertz CT molecular complexity index is 552. The molecule has 1 aliphatic heterocycles. The van der Waals surface area contributed by atoms with E-state index in [4.69, 9.17) is 4.74 Å². The minimum absolute atomic E-state index is 0.00157. The third kappa shape index (κ3) is 6.02. The molecule has 0 spiro atoms. The Balaban J connectivity index is 1.54. The number of nitrogens with one attached hydrogen (secondary N) is 2. The van der Waals surface area contributed by atoms with Crippen molar-refractivity contribution in [1.29, 1.82) is 0 Å². The van der Waals surface area contributed by atoms with Crippen LogP contribution in [0.25, 0.3) is 0 Å². The van der Waals surface area contributed by atoms with E-state index in [-0.39, 0.29) is 35.5 Å². The first-order chi connectivity index (χ1) is 13.8. The molecule has 0 radical (unpaired) electrons. The van der Waals surface area contributed by atoms with Crippen LogP contribution in [0, 0.1) is 5.92 Å². The lowest BCUT2D eigenvalue weighted by Crippen LogP contribution is -2.46. The highest BCUT2D eigenvalue weighted by molar-refractivity contribution is 8.01. The molecule has 2 aliphatic carbocycles. The molecule has 0 bridgehead atoms. The summed E-state index contributed by atoms with van der Waals surface area (Å²) in [5.41, 5.74) is 0.0354. The number of fused-ring (bicyclic) bond motifs is 1. The van der Waals surface area contributed by atoms with E-state index in [1.165, 1.54) is 12.8 Å². The van der Waals surface area contributed by atoms with Crippen LogP contribution in [0.4, 0.5) is 13.2 Å². The van der Waals surface area contributed by atoms with Gasteiger partial charge in [-0.15, -0.1) is 11.8 Å². The number of rotatable bonds is 7. The average molecular weight is 438 g/mol. The Labute approximate surface area is 175 Å². The summed E-state index contributed by atoms with van der Waals surface area (Å²) in [5, 5.41) is 6.23. The van der Waals surface area contributed by atoms with Crippen molar-refractivity contribution in [3.63, 3.8) is 0 Å². The largest absolute Gasteiger partial charge is 0.391 e. The normalized spacial score (nSPS) is 34.6. The molecule has 1 heterocycles. The SMILES string of the molecule is COCCN1C(SC(C)C(=O)NC2CCCC(C(F)(F)F)C2)NC2CCCCC21. The zero-order valence-electron chi connectivity index (χ0n) is 17.3. The van der Waals surface area contributed by atoms with E-state index in [0.717, 1.165) is 19.4 Å². The molecule has 6 atom stereocenters. The van der Waals surface area contributed by atoms with Crippen LogP contribution in [-0.2, 0) is 9.53 Å². The molecule has 2 N–H and O–H groups in total. The van der Waals surface area contributed by atoms with Gasteiger partial charge in [-0.05, 0) is 39.0 Å². The van der Waals surface area contributed by atoms with E-state index < -0.39 is 12.1 Å². The molecule has 0 aromatic heterocycles. The van der Waals surface area contributed by atoms with Crippen molar-refractivity contribution in [2.45, 2.75) is 93.3 Å². The van der Waals surface area contributed by atoms with Crippen LogP contribution < -0.4 is 10.6 Å². The van der Waals surface area contributed by atoms with Crippen molar-refractivity contribution in [2.75, 3.05) is 20.3 Å². The minimum Gasteiger partial charge on any atom is -0.383 e.